The lowest BCUT2D eigenvalue weighted by Crippen LogP contribution is -2.33. The Kier molecular flexibility index (Phi) is 5.76. The maximum absolute atomic E-state index is 13.9. The van der Waals surface area contributed by atoms with Crippen LogP contribution in [0, 0.1) is 11.6 Å². The van der Waals surface area contributed by atoms with E-state index in [0.29, 0.717) is 25.2 Å². The largest absolute Gasteiger partial charge is 0.477 e. The van der Waals surface area contributed by atoms with E-state index in [1.807, 2.05) is 11.8 Å². The van der Waals surface area contributed by atoms with Crippen LogP contribution in [-0.4, -0.2) is 51.1 Å². The van der Waals surface area contributed by atoms with Gasteiger partial charge in [-0.3, -0.25) is 0 Å². The first-order chi connectivity index (χ1) is 9.70. The van der Waals surface area contributed by atoms with Gasteiger partial charge in [0.25, 0.3) is 0 Å². The summed E-state index contributed by atoms with van der Waals surface area (Å²) < 4.78 is 53.1. The standard InChI is InChI=1S/C12H16F2N2O4S/c1-3-16(2)7-6-15-21(19,20)9-5-4-8(13)10(11(9)14)12(17)18/h4-5,15H,3,6-7H2,1-2H3,(H,17,18). The predicted octanol–water partition coefficient (Wildman–Crippen LogP) is 0.893. The molecule has 0 atom stereocenters. The van der Waals surface area contributed by atoms with Gasteiger partial charge < -0.3 is 10.0 Å². The monoisotopic (exact) mass is 322 g/mol. The van der Waals surface area contributed by atoms with E-state index in [-0.39, 0.29) is 6.54 Å². The quantitative estimate of drug-likeness (QED) is 0.779. The van der Waals surface area contributed by atoms with E-state index in [9.17, 15) is 22.0 Å². The van der Waals surface area contributed by atoms with Crippen LogP contribution in [0.25, 0.3) is 0 Å². The number of benzene rings is 1. The molecule has 0 saturated heterocycles. The van der Waals surface area contributed by atoms with E-state index < -0.39 is 38.1 Å². The zero-order valence-corrected chi connectivity index (χ0v) is 12.4. The number of hydrogen-bond acceptors (Lipinski definition) is 4. The molecule has 0 amide bonds. The lowest BCUT2D eigenvalue weighted by Gasteiger charge is -2.14. The zero-order valence-electron chi connectivity index (χ0n) is 11.6. The minimum atomic E-state index is -4.25. The fourth-order valence-corrected chi connectivity index (χ4v) is 2.64. The molecule has 0 unspecified atom stereocenters. The van der Waals surface area contributed by atoms with Crippen molar-refractivity contribution in [1.29, 1.82) is 0 Å². The van der Waals surface area contributed by atoms with Crippen molar-refractivity contribution >= 4 is 16.0 Å². The van der Waals surface area contributed by atoms with Crippen LogP contribution >= 0.6 is 0 Å². The lowest BCUT2D eigenvalue weighted by atomic mass is 10.2. The van der Waals surface area contributed by atoms with Crippen molar-refractivity contribution in [2.24, 2.45) is 0 Å². The average molecular weight is 322 g/mol. The first-order valence-corrected chi connectivity index (χ1v) is 7.58. The highest BCUT2D eigenvalue weighted by molar-refractivity contribution is 7.89. The van der Waals surface area contributed by atoms with Gasteiger partial charge in [0.05, 0.1) is 0 Å². The molecular formula is C12H16F2N2O4S. The van der Waals surface area contributed by atoms with Gasteiger partial charge in [0.1, 0.15) is 16.3 Å². The van der Waals surface area contributed by atoms with E-state index in [1.165, 1.54) is 0 Å². The zero-order chi connectivity index (χ0) is 16.2. The molecule has 9 heteroatoms. The van der Waals surface area contributed by atoms with Gasteiger partial charge in [-0.15, -0.1) is 0 Å². The molecular weight excluding hydrogens is 306 g/mol. The topological polar surface area (TPSA) is 86.7 Å². The van der Waals surface area contributed by atoms with Crippen molar-refractivity contribution in [2.45, 2.75) is 11.8 Å². The minimum absolute atomic E-state index is 0.0197. The molecule has 1 rings (SSSR count). The van der Waals surface area contributed by atoms with E-state index in [4.69, 9.17) is 5.11 Å². The third-order valence-corrected chi connectivity index (χ3v) is 4.36. The molecule has 0 radical (unpaired) electrons. The maximum atomic E-state index is 13.9. The van der Waals surface area contributed by atoms with Gasteiger partial charge in [0.15, 0.2) is 5.82 Å². The number of carboxylic acid groups (broad SMARTS) is 1. The van der Waals surface area contributed by atoms with E-state index >= 15 is 0 Å². The summed E-state index contributed by atoms with van der Waals surface area (Å²) in [5, 5.41) is 8.72. The second kappa shape index (κ2) is 6.92. The number of rotatable bonds is 7. The normalized spacial score (nSPS) is 11.9. The van der Waals surface area contributed by atoms with Crippen LogP contribution in [0.3, 0.4) is 0 Å². The van der Waals surface area contributed by atoms with Crippen LogP contribution in [0.2, 0.25) is 0 Å². The third-order valence-electron chi connectivity index (χ3n) is 2.88. The summed E-state index contributed by atoms with van der Waals surface area (Å²) in [6, 6.07) is 1.31. The molecule has 1 aromatic carbocycles. The van der Waals surface area contributed by atoms with E-state index in [2.05, 4.69) is 4.72 Å². The summed E-state index contributed by atoms with van der Waals surface area (Å²) in [7, 11) is -2.48. The number of halogens is 2. The fraction of sp³-hybridized carbons (Fsp3) is 0.417. The second-order valence-electron chi connectivity index (χ2n) is 4.33. The van der Waals surface area contributed by atoms with Gasteiger partial charge in [0.2, 0.25) is 10.0 Å². The van der Waals surface area contributed by atoms with Gasteiger partial charge in [-0.25, -0.2) is 26.7 Å². The molecule has 6 nitrogen and oxygen atoms in total. The van der Waals surface area contributed by atoms with Crippen molar-refractivity contribution in [3.05, 3.63) is 29.3 Å². The molecule has 0 aliphatic heterocycles. The van der Waals surface area contributed by atoms with Gasteiger partial charge in [0, 0.05) is 13.1 Å². The minimum Gasteiger partial charge on any atom is -0.477 e. The van der Waals surface area contributed by atoms with Crippen molar-refractivity contribution < 1.29 is 27.1 Å². The number of likely N-dealkylation sites (N-methyl/N-ethyl adjacent to an activating group) is 1. The van der Waals surface area contributed by atoms with Gasteiger partial charge in [-0.2, -0.15) is 0 Å². The Labute approximate surface area is 121 Å². The molecule has 0 saturated carbocycles. The number of carboxylic acids is 1. The third kappa shape index (κ3) is 4.19. The molecule has 21 heavy (non-hydrogen) atoms. The Morgan fingerprint density at radius 3 is 2.52 bits per heavy atom. The highest BCUT2D eigenvalue weighted by atomic mass is 32.2. The first kappa shape index (κ1) is 17.5. The number of nitrogens with zero attached hydrogens (tertiary/aromatic N) is 1. The SMILES string of the molecule is CCN(C)CCNS(=O)(=O)c1ccc(F)c(C(=O)O)c1F. The molecule has 1 aromatic rings. The van der Waals surface area contributed by atoms with Crippen molar-refractivity contribution in [1.82, 2.24) is 9.62 Å². The highest BCUT2D eigenvalue weighted by Crippen LogP contribution is 2.20. The van der Waals surface area contributed by atoms with E-state index in [0.717, 1.165) is 0 Å². The van der Waals surface area contributed by atoms with Crippen molar-refractivity contribution in [3.8, 4) is 0 Å². The Balaban J connectivity index is 3.04. The molecule has 0 aromatic heterocycles. The van der Waals surface area contributed by atoms with Crippen LogP contribution in [-0.2, 0) is 10.0 Å². The van der Waals surface area contributed by atoms with E-state index in [1.54, 1.807) is 7.05 Å². The van der Waals surface area contributed by atoms with Crippen LogP contribution < -0.4 is 4.72 Å². The van der Waals surface area contributed by atoms with Crippen LogP contribution in [0.1, 0.15) is 17.3 Å². The summed E-state index contributed by atoms with van der Waals surface area (Å²) in [4.78, 5) is 11.7. The number of carbonyl (C=O) groups is 1. The molecule has 2 N–H and O–H groups in total. The summed E-state index contributed by atoms with van der Waals surface area (Å²) >= 11 is 0. The fourth-order valence-electron chi connectivity index (χ4n) is 1.54. The summed E-state index contributed by atoms with van der Waals surface area (Å²) in [5.74, 6) is -4.81. The highest BCUT2D eigenvalue weighted by Gasteiger charge is 2.26. The van der Waals surface area contributed by atoms with Crippen molar-refractivity contribution in [3.63, 3.8) is 0 Å². The lowest BCUT2D eigenvalue weighted by molar-refractivity contribution is 0.0685. The number of aromatic carboxylic acids is 1. The summed E-state index contributed by atoms with van der Waals surface area (Å²) in [6.45, 7) is 3.00. The van der Waals surface area contributed by atoms with Crippen LogP contribution in [0.5, 0.6) is 0 Å². The van der Waals surface area contributed by atoms with Crippen LogP contribution in [0.4, 0.5) is 8.78 Å². The molecule has 118 valence electrons. The van der Waals surface area contributed by atoms with Crippen LogP contribution in [0.15, 0.2) is 17.0 Å². The maximum Gasteiger partial charge on any atom is 0.341 e. The molecule has 0 bridgehead atoms. The average Bonchev–Trinajstić information content (AvgIpc) is 2.37. The molecule has 0 aliphatic rings. The first-order valence-electron chi connectivity index (χ1n) is 6.10. The predicted molar refractivity (Wildman–Crippen MR) is 71.7 cm³/mol. The number of hydrogen-bond donors (Lipinski definition) is 2. The smallest absolute Gasteiger partial charge is 0.341 e. The second-order valence-corrected chi connectivity index (χ2v) is 6.07. The van der Waals surface area contributed by atoms with Crippen molar-refractivity contribution in [2.75, 3.05) is 26.7 Å². The van der Waals surface area contributed by atoms with Gasteiger partial charge in [-0.1, -0.05) is 6.92 Å². The molecule has 0 fully saturated rings. The van der Waals surface area contributed by atoms with Gasteiger partial charge >= 0.3 is 5.97 Å². The Morgan fingerprint density at radius 1 is 1.38 bits per heavy atom. The Morgan fingerprint density at radius 2 is 2.00 bits per heavy atom. The molecule has 0 aliphatic carbocycles. The summed E-state index contributed by atoms with van der Waals surface area (Å²) in [6.07, 6.45) is 0. The number of nitrogens with one attached hydrogen (secondary N) is 1. The Hall–Kier alpha value is -1.58. The van der Waals surface area contributed by atoms with Gasteiger partial charge in [-0.05, 0) is 25.7 Å². The number of sulfonamides is 1. The Bertz CT molecular complexity index is 634. The summed E-state index contributed by atoms with van der Waals surface area (Å²) in [5.41, 5.74) is -1.29. The molecule has 0 spiro atoms. The molecule has 0 heterocycles.